The van der Waals surface area contributed by atoms with Gasteiger partial charge in [0.15, 0.2) is 11.9 Å². The topological polar surface area (TPSA) is 72.5 Å². The summed E-state index contributed by atoms with van der Waals surface area (Å²) in [7, 11) is 0. The summed E-state index contributed by atoms with van der Waals surface area (Å²) in [4.78, 5) is 36.7. The minimum absolute atomic E-state index is 0.00862. The number of nitrogens with one attached hydrogen (secondary N) is 1. The summed E-state index contributed by atoms with van der Waals surface area (Å²) in [6.07, 6.45) is 2.20. The van der Waals surface area contributed by atoms with Crippen molar-refractivity contribution in [1.82, 2.24) is 0 Å². The van der Waals surface area contributed by atoms with Crippen LogP contribution in [0.2, 0.25) is 0 Å². The number of anilines is 1. The van der Waals surface area contributed by atoms with Crippen LogP contribution in [0.1, 0.15) is 32.1 Å². The average molecular weight is 319 g/mol. The highest BCUT2D eigenvalue weighted by molar-refractivity contribution is 8.01. The summed E-state index contributed by atoms with van der Waals surface area (Å²) < 4.78 is 5.26. The number of amides is 1. The van der Waals surface area contributed by atoms with E-state index in [1.807, 2.05) is 24.3 Å². The molecule has 1 aromatic rings. The molecule has 6 heteroatoms. The van der Waals surface area contributed by atoms with Crippen LogP contribution < -0.4 is 5.32 Å². The maximum absolute atomic E-state index is 12.0. The van der Waals surface area contributed by atoms with Crippen molar-refractivity contribution >= 4 is 35.1 Å². The van der Waals surface area contributed by atoms with E-state index in [0.717, 1.165) is 23.4 Å². The van der Waals surface area contributed by atoms with Gasteiger partial charge >= 0.3 is 5.97 Å². The lowest BCUT2D eigenvalue weighted by Crippen LogP contribution is -2.34. The third-order valence-corrected chi connectivity index (χ3v) is 5.11. The van der Waals surface area contributed by atoms with E-state index in [1.165, 1.54) is 11.8 Å². The molecule has 5 nitrogen and oxygen atoms in total. The van der Waals surface area contributed by atoms with Crippen LogP contribution in [-0.4, -0.2) is 29.0 Å². The second-order valence-corrected chi connectivity index (χ2v) is 6.73. The number of carbonyl (C=O) groups excluding carboxylic acids is 3. The molecule has 1 aromatic carbocycles. The lowest BCUT2D eigenvalue weighted by molar-refractivity contribution is -0.157. The number of Topliss-reactive ketones (excluding diaryl/α,β-unsaturated/α-hetero) is 1. The second-order valence-electron chi connectivity index (χ2n) is 5.49. The zero-order chi connectivity index (χ0) is 15.5. The fourth-order valence-electron chi connectivity index (χ4n) is 2.66. The molecular weight excluding hydrogens is 302 g/mol. The Morgan fingerprint density at radius 1 is 1.27 bits per heavy atom. The molecule has 1 heterocycles. The van der Waals surface area contributed by atoms with E-state index in [4.69, 9.17) is 4.74 Å². The monoisotopic (exact) mass is 319 g/mol. The number of carbonyl (C=O) groups is 3. The third-order valence-electron chi connectivity index (χ3n) is 3.83. The van der Waals surface area contributed by atoms with E-state index in [0.29, 0.717) is 12.8 Å². The molecule has 116 valence electrons. The van der Waals surface area contributed by atoms with E-state index in [9.17, 15) is 14.4 Å². The number of rotatable bonds is 3. The highest BCUT2D eigenvalue weighted by atomic mass is 32.2. The van der Waals surface area contributed by atoms with E-state index in [2.05, 4.69) is 5.32 Å². The lowest BCUT2D eigenvalue weighted by Gasteiger charge is -2.25. The number of benzene rings is 1. The van der Waals surface area contributed by atoms with Crippen LogP contribution in [0.15, 0.2) is 29.2 Å². The van der Waals surface area contributed by atoms with Gasteiger partial charge in [0.25, 0.3) is 0 Å². The molecule has 2 atom stereocenters. The van der Waals surface area contributed by atoms with Crippen LogP contribution in [0.4, 0.5) is 5.69 Å². The fraction of sp³-hybridized carbons (Fsp3) is 0.438. The Balaban J connectivity index is 1.60. The van der Waals surface area contributed by atoms with Crippen molar-refractivity contribution in [3.8, 4) is 0 Å². The van der Waals surface area contributed by atoms with E-state index < -0.39 is 17.3 Å². The number of para-hydroxylation sites is 1. The van der Waals surface area contributed by atoms with Crippen LogP contribution in [0.5, 0.6) is 0 Å². The van der Waals surface area contributed by atoms with Crippen LogP contribution >= 0.6 is 11.8 Å². The number of hydrogen-bond acceptors (Lipinski definition) is 5. The van der Waals surface area contributed by atoms with Crippen LogP contribution in [-0.2, 0) is 19.1 Å². The number of esters is 1. The Hall–Kier alpha value is -1.82. The molecule has 0 unspecified atom stereocenters. The molecule has 1 amide bonds. The van der Waals surface area contributed by atoms with Gasteiger partial charge in [-0.25, -0.2) is 0 Å². The summed E-state index contributed by atoms with van der Waals surface area (Å²) in [6, 6.07) is 7.47. The van der Waals surface area contributed by atoms with Crippen LogP contribution in [0.25, 0.3) is 0 Å². The first-order chi connectivity index (χ1) is 10.6. The highest BCUT2D eigenvalue weighted by Gasteiger charge is 2.32. The molecule has 1 saturated carbocycles. The van der Waals surface area contributed by atoms with Gasteiger partial charge in [0.1, 0.15) is 0 Å². The summed E-state index contributed by atoms with van der Waals surface area (Å²) in [5.74, 6) is -0.686. The summed E-state index contributed by atoms with van der Waals surface area (Å²) >= 11 is 1.36. The molecule has 1 aliphatic heterocycles. The number of ketones is 1. The molecule has 0 radical (unpaired) electrons. The smallest absolute Gasteiger partial charge is 0.308 e. The number of fused-ring (bicyclic) bond motifs is 1. The molecule has 1 N–H and O–H groups in total. The Morgan fingerprint density at radius 2 is 2.09 bits per heavy atom. The SMILES string of the molecule is O=C(C[C@H]1Sc2ccccc2NC1=O)O[C@H]1CCCCC1=O. The first-order valence-electron chi connectivity index (χ1n) is 7.42. The summed E-state index contributed by atoms with van der Waals surface area (Å²) in [5.41, 5.74) is 0.768. The maximum Gasteiger partial charge on any atom is 0.308 e. The highest BCUT2D eigenvalue weighted by Crippen LogP contribution is 2.36. The zero-order valence-electron chi connectivity index (χ0n) is 12.0. The van der Waals surface area contributed by atoms with Gasteiger partial charge in [-0.15, -0.1) is 11.8 Å². The van der Waals surface area contributed by atoms with Crippen molar-refractivity contribution in [2.75, 3.05) is 5.32 Å². The van der Waals surface area contributed by atoms with E-state index >= 15 is 0 Å². The Labute approximate surface area is 132 Å². The Morgan fingerprint density at radius 3 is 2.91 bits per heavy atom. The number of hydrogen-bond donors (Lipinski definition) is 1. The van der Waals surface area contributed by atoms with Gasteiger partial charge in [-0.05, 0) is 31.4 Å². The van der Waals surface area contributed by atoms with Crippen molar-refractivity contribution < 1.29 is 19.1 Å². The largest absolute Gasteiger partial charge is 0.454 e. The predicted octanol–water partition coefficient (Wildman–Crippen LogP) is 2.54. The Bertz CT molecular complexity index is 616. The molecule has 0 aromatic heterocycles. The van der Waals surface area contributed by atoms with Crippen molar-refractivity contribution in [3.63, 3.8) is 0 Å². The fourth-order valence-corrected chi connectivity index (χ4v) is 3.76. The van der Waals surface area contributed by atoms with Crippen molar-refractivity contribution in [2.45, 2.75) is 48.4 Å². The maximum atomic E-state index is 12.0. The van der Waals surface area contributed by atoms with Gasteiger partial charge in [-0.2, -0.15) is 0 Å². The van der Waals surface area contributed by atoms with Gasteiger partial charge in [0, 0.05) is 11.3 Å². The van der Waals surface area contributed by atoms with Crippen molar-refractivity contribution in [2.24, 2.45) is 0 Å². The molecule has 0 saturated heterocycles. The predicted molar refractivity (Wildman–Crippen MR) is 82.7 cm³/mol. The van der Waals surface area contributed by atoms with E-state index in [1.54, 1.807) is 0 Å². The van der Waals surface area contributed by atoms with Gasteiger partial charge in [0.2, 0.25) is 5.91 Å². The average Bonchev–Trinajstić information content (AvgIpc) is 2.50. The first kappa shape index (κ1) is 15.1. The molecular formula is C16H17NO4S. The van der Waals surface area contributed by atoms with E-state index in [-0.39, 0.29) is 18.1 Å². The van der Waals surface area contributed by atoms with Gasteiger partial charge in [0.05, 0.1) is 17.4 Å². The van der Waals surface area contributed by atoms with Crippen molar-refractivity contribution in [1.29, 1.82) is 0 Å². The number of thioether (sulfide) groups is 1. The molecule has 0 bridgehead atoms. The molecule has 3 rings (SSSR count). The summed E-state index contributed by atoms with van der Waals surface area (Å²) in [5, 5.41) is 2.28. The second kappa shape index (κ2) is 6.52. The van der Waals surface area contributed by atoms with Crippen molar-refractivity contribution in [3.05, 3.63) is 24.3 Å². The van der Waals surface area contributed by atoms with Crippen LogP contribution in [0, 0.1) is 0 Å². The van der Waals surface area contributed by atoms with Gasteiger partial charge in [-0.1, -0.05) is 12.1 Å². The minimum Gasteiger partial charge on any atom is -0.454 e. The minimum atomic E-state index is -0.620. The van der Waals surface area contributed by atoms with Crippen LogP contribution in [0.3, 0.4) is 0 Å². The first-order valence-corrected chi connectivity index (χ1v) is 8.30. The molecule has 22 heavy (non-hydrogen) atoms. The zero-order valence-corrected chi connectivity index (χ0v) is 12.9. The normalized spacial score (nSPS) is 24.4. The molecule has 0 spiro atoms. The molecule has 1 aliphatic carbocycles. The Kier molecular flexibility index (Phi) is 4.47. The molecule has 2 aliphatic rings. The molecule has 1 fully saturated rings. The lowest BCUT2D eigenvalue weighted by atomic mass is 9.96. The summed E-state index contributed by atoms with van der Waals surface area (Å²) in [6.45, 7) is 0. The third kappa shape index (κ3) is 3.32. The van der Waals surface area contributed by atoms with Gasteiger partial charge < -0.3 is 10.1 Å². The quantitative estimate of drug-likeness (QED) is 0.867. The standard InChI is InChI=1S/C16H17NO4S/c18-11-6-2-3-7-12(11)21-15(19)9-14-16(20)17-10-5-1-4-8-13(10)22-14/h1,4-5,8,12,14H,2-3,6-7,9H2,(H,17,20)/t12-,14+/m0/s1. The van der Waals surface area contributed by atoms with Gasteiger partial charge in [-0.3, -0.25) is 14.4 Å². The number of ether oxygens (including phenoxy) is 1.